The van der Waals surface area contributed by atoms with Gasteiger partial charge in [-0.05, 0) is 48.6 Å². The minimum atomic E-state index is 0.576. The molecule has 0 aliphatic rings. The van der Waals surface area contributed by atoms with Crippen molar-refractivity contribution in [2.24, 2.45) is 5.73 Å². The fourth-order valence-corrected chi connectivity index (χ4v) is 1.57. The fraction of sp³-hybridized carbons (Fsp3) is 0.467. The van der Waals surface area contributed by atoms with Crippen molar-refractivity contribution in [3.05, 3.63) is 35.0 Å². The van der Waals surface area contributed by atoms with Crippen molar-refractivity contribution in [3.8, 4) is 0 Å². The van der Waals surface area contributed by atoms with E-state index in [4.69, 9.17) is 5.73 Å². The van der Waals surface area contributed by atoms with E-state index in [1.54, 1.807) is 0 Å². The molecule has 0 radical (unpaired) electrons. The summed E-state index contributed by atoms with van der Waals surface area (Å²) in [5.41, 5.74) is 10.5. The first-order valence-electron chi connectivity index (χ1n) is 6.49. The first-order valence-corrected chi connectivity index (χ1v) is 6.49. The van der Waals surface area contributed by atoms with Crippen LogP contribution in [0.3, 0.4) is 0 Å². The van der Waals surface area contributed by atoms with Crippen LogP contribution in [0.4, 0.5) is 0 Å². The van der Waals surface area contributed by atoms with Crippen molar-refractivity contribution in [1.82, 2.24) is 4.98 Å². The fourth-order valence-electron chi connectivity index (χ4n) is 1.57. The molecule has 0 unspecified atom stereocenters. The average Bonchev–Trinajstić information content (AvgIpc) is 2.77. The van der Waals surface area contributed by atoms with Crippen molar-refractivity contribution in [2.75, 3.05) is 0 Å². The van der Waals surface area contributed by atoms with Crippen LogP contribution in [0.1, 0.15) is 44.5 Å². The van der Waals surface area contributed by atoms with Crippen LogP contribution in [0.15, 0.2) is 18.2 Å². The number of aromatic amines is 1. The van der Waals surface area contributed by atoms with E-state index in [1.165, 1.54) is 22.0 Å². The van der Waals surface area contributed by atoms with E-state index in [-0.39, 0.29) is 0 Å². The van der Waals surface area contributed by atoms with Gasteiger partial charge in [-0.3, -0.25) is 0 Å². The third kappa shape index (κ3) is 3.90. The number of rotatable bonds is 1. The van der Waals surface area contributed by atoms with Gasteiger partial charge in [-0.25, -0.2) is 0 Å². The molecule has 0 aliphatic heterocycles. The van der Waals surface area contributed by atoms with Gasteiger partial charge in [-0.2, -0.15) is 0 Å². The highest BCUT2D eigenvalue weighted by Gasteiger charge is 2.01. The third-order valence-corrected chi connectivity index (χ3v) is 2.51. The van der Waals surface area contributed by atoms with E-state index in [9.17, 15) is 0 Å². The summed E-state index contributed by atoms with van der Waals surface area (Å²) in [5.74, 6) is 0. The lowest BCUT2D eigenvalue weighted by molar-refractivity contribution is 1.02. The molecule has 96 valence electrons. The predicted molar refractivity (Wildman–Crippen MR) is 78.4 cm³/mol. The number of fused-ring (bicyclic) bond motifs is 1. The molecule has 2 rings (SSSR count). The van der Waals surface area contributed by atoms with Gasteiger partial charge in [0.2, 0.25) is 0 Å². The van der Waals surface area contributed by atoms with Gasteiger partial charge in [0.25, 0.3) is 0 Å². The Hall–Kier alpha value is -1.28. The highest BCUT2D eigenvalue weighted by atomic mass is 14.7. The highest BCUT2D eigenvalue weighted by Crippen LogP contribution is 2.19. The SMILES string of the molecule is CC.CC.Cc1cc2cc(CN)[nH]c2cc1C. The Morgan fingerprint density at radius 2 is 1.47 bits per heavy atom. The minimum Gasteiger partial charge on any atom is -0.357 e. The normalized spacial score (nSPS) is 9.12. The number of hydrogen-bond donors (Lipinski definition) is 2. The molecule has 0 aliphatic carbocycles. The molecule has 1 aromatic carbocycles. The maximum atomic E-state index is 5.56. The van der Waals surface area contributed by atoms with E-state index < -0.39 is 0 Å². The summed E-state index contributed by atoms with van der Waals surface area (Å²) in [6.07, 6.45) is 0. The molecule has 1 heterocycles. The summed E-state index contributed by atoms with van der Waals surface area (Å²) in [6.45, 7) is 12.8. The summed E-state index contributed by atoms with van der Waals surface area (Å²) in [5, 5.41) is 1.25. The molecular weight excluding hydrogens is 208 g/mol. The van der Waals surface area contributed by atoms with Crippen LogP contribution in [0.2, 0.25) is 0 Å². The molecule has 0 bridgehead atoms. The average molecular weight is 234 g/mol. The minimum absolute atomic E-state index is 0.576. The summed E-state index contributed by atoms with van der Waals surface area (Å²) >= 11 is 0. The lowest BCUT2D eigenvalue weighted by atomic mass is 10.1. The zero-order chi connectivity index (χ0) is 13.4. The van der Waals surface area contributed by atoms with Gasteiger partial charge in [0, 0.05) is 17.8 Å². The molecule has 0 saturated heterocycles. The van der Waals surface area contributed by atoms with Gasteiger partial charge >= 0.3 is 0 Å². The van der Waals surface area contributed by atoms with Crippen molar-refractivity contribution >= 4 is 10.9 Å². The molecule has 0 saturated carbocycles. The molecular formula is C15H26N2. The maximum Gasteiger partial charge on any atom is 0.0459 e. The monoisotopic (exact) mass is 234 g/mol. The van der Waals surface area contributed by atoms with Gasteiger partial charge in [-0.1, -0.05) is 27.7 Å². The van der Waals surface area contributed by atoms with Crippen LogP contribution in [-0.4, -0.2) is 4.98 Å². The summed E-state index contributed by atoms with van der Waals surface area (Å²) in [7, 11) is 0. The van der Waals surface area contributed by atoms with Crippen LogP contribution in [0.5, 0.6) is 0 Å². The van der Waals surface area contributed by atoms with Gasteiger partial charge < -0.3 is 10.7 Å². The molecule has 17 heavy (non-hydrogen) atoms. The Labute approximate surface area is 105 Å². The van der Waals surface area contributed by atoms with E-state index >= 15 is 0 Å². The Kier molecular flexibility index (Phi) is 7.31. The quantitative estimate of drug-likeness (QED) is 0.759. The van der Waals surface area contributed by atoms with Gasteiger partial charge in [0.15, 0.2) is 0 Å². The summed E-state index contributed by atoms with van der Waals surface area (Å²) < 4.78 is 0. The summed E-state index contributed by atoms with van der Waals surface area (Å²) in [6, 6.07) is 6.48. The number of H-pyrrole nitrogens is 1. The van der Waals surface area contributed by atoms with Crippen molar-refractivity contribution < 1.29 is 0 Å². The second-order valence-corrected chi connectivity index (χ2v) is 3.52. The molecule has 0 amide bonds. The van der Waals surface area contributed by atoms with E-state index in [0.717, 1.165) is 5.69 Å². The van der Waals surface area contributed by atoms with Crippen molar-refractivity contribution in [1.29, 1.82) is 0 Å². The molecule has 3 N–H and O–H groups in total. The molecule has 2 aromatic rings. The molecule has 2 nitrogen and oxygen atoms in total. The van der Waals surface area contributed by atoms with Crippen LogP contribution in [0.25, 0.3) is 10.9 Å². The number of nitrogens with one attached hydrogen (secondary N) is 1. The van der Waals surface area contributed by atoms with Crippen molar-refractivity contribution in [3.63, 3.8) is 0 Å². The van der Waals surface area contributed by atoms with Gasteiger partial charge in [0.05, 0.1) is 0 Å². The van der Waals surface area contributed by atoms with E-state index in [0.29, 0.717) is 6.54 Å². The molecule has 2 heteroatoms. The Bertz CT molecular complexity index is 402. The van der Waals surface area contributed by atoms with E-state index in [2.05, 4.69) is 37.0 Å². The topological polar surface area (TPSA) is 41.8 Å². The van der Waals surface area contributed by atoms with Crippen LogP contribution in [0, 0.1) is 13.8 Å². The number of hydrogen-bond acceptors (Lipinski definition) is 1. The molecule has 0 atom stereocenters. The lowest BCUT2D eigenvalue weighted by Crippen LogP contribution is -1.94. The second kappa shape index (κ2) is 7.91. The first-order chi connectivity index (χ1) is 8.20. The largest absolute Gasteiger partial charge is 0.357 e. The van der Waals surface area contributed by atoms with Crippen LogP contribution in [-0.2, 0) is 6.54 Å². The van der Waals surface area contributed by atoms with Crippen molar-refractivity contribution in [2.45, 2.75) is 48.1 Å². The second-order valence-electron chi connectivity index (χ2n) is 3.52. The Morgan fingerprint density at radius 1 is 0.941 bits per heavy atom. The zero-order valence-electron chi connectivity index (χ0n) is 12.0. The number of aromatic nitrogens is 1. The van der Waals surface area contributed by atoms with Crippen LogP contribution < -0.4 is 5.73 Å². The Morgan fingerprint density at radius 3 is 2.00 bits per heavy atom. The molecule has 0 fully saturated rings. The Balaban J connectivity index is 0.000000581. The van der Waals surface area contributed by atoms with Crippen LogP contribution >= 0.6 is 0 Å². The molecule has 0 spiro atoms. The maximum absolute atomic E-state index is 5.56. The third-order valence-electron chi connectivity index (χ3n) is 2.51. The van der Waals surface area contributed by atoms with Gasteiger partial charge in [0.1, 0.15) is 0 Å². The number of nitrogens with two attached hydrogens (primary N) is 1. The molecule has 1 aromatic heterocycles. The summed E-state index contributed by atoms with van der Waals surface area (Å²) in [4.78, 5) is 3.29. The highest BCUT2D eigenvalue weighted by molar-refractivity contribution is 5.82. The standard InChI is InChI=1S/C11H14N2.2C2H6/c1-7-3-9-5-10(6-12)13-11(9)4-8(7)2;2*1-2/h3-5,13H,6,12H2,1-2H3;2*1-2H3. The number of benzene rings is 1. The van der Waals surface area contributed by atoms with Gasteiger partial charge in [-0.15, -0.1) is 0 Å². The van der Waals surface area contributed by atoms with E-state index in [1.807, 2.05) is 27.7 Å². The predicted octanol–water partition coefficient (Wildman–Crippen LogP) is 4.30. The zero-order valence-corrected chi connectivity index (χ0v) is 12.0. The lowest BCUT2D eigenvalue weighted by Gasteiger charge is -1.98. The first kappa shape index (κ1) is 15.7. The number of aryl methyl sites for hydroxylation is 2. The smallest absolute Gasteiger partial charge is 0.0459 e.